The van der Waals surface area contributed by atoms with Gasteiger partial charge in [-0.05, 0) is 13.0 Å². The lowest BCUT2D eigenvalue weighted by molar-refractivity contribution is -0.0472. The first-order chi connectivity index (χ1) is 6.08. The molecule has 1 atom stereocenters. The first kappa shape index (κ1) is 9.67. The van der Waals surface area contributed by atoms with Crippen LogP contribution in [0.15, 0.2) is 23.0 Å². The van der Waals surface area contributed by atoms with Gasteiger partial charge in [-0.3, -0.25) is 5.73 Å². The number of carbonyl (C=O) groups is 1. The molecule has 0 aromatic rings. The maximum atomic E-state index is 11.1. The van der Waals surface area contributed by atoms with E-state index in [0.29, 0.717) is 0 Å². The second-order valence-corrected chi connectivity index (χ2v) is 2.63. The number of nitrogens with zero attached hydrogens (tertiary/aromatic N) is 2. The van der Waals surface area contributed by atoms with Crippen molar-refractivity contribution in [2.75, 3.05) is 0 Å². The van der Waals surface area contributed by atoms with Gasteiger partial charge in [0.15, 0.2) is 0 Å². The van der Waals surface area contributed by atoms with Crippen molar-refractivity contribution in [3.05, 3.63) is 18.0 Å². The van der Waals surface area contributed by atoms with E-state index in [4.69, 9.17) is 5.73 Å². The number of carbonyl (C=O) groups excluding carboxylic acids is 1. The monoisotopic (exact) mass is 181 g/mol. The Hall–Kier alpha value is -1.42. The number of hydrogen-bond donors (Lipinski definition) is 2. The van der Waals surface area contributed by atoms with Gasteiger partial charge in [-0.2, -0.15) is 0 Å². The molecule has 0 aromatic carbocycles. The van der Waals surface area contributed by atoms with Crippen LogP contribution in [0.25, 0.3) is 0 Å². The van der Waals surface area contributed by atoms with Gasteiger partial charge in [-0.25, -0.2) is 14.7 Å². The molecule has 1 aliphatic heterocycles. The van der Waals surface area contributed by atoms with E-state index >= 15 is 0 Å². The molecule has 0 spiro atoms. The molecule has 13 heavy (non-hydrogen) atoms. The molecule has 0 bridgehead atoms. The maximum absolute atomic E-state index is 11.1. The predicted octanol–water partition coefficient (Wildman–Crippen LogP) is 0.176. The highest BCUT2D eigenvalue weighted by atomic mass is 16.3. The SMILES string of the molecule is CC=C=CN1C(=O)N=CCC1(N)O. The normalized spacial score (nSPS) is 27.0. The third-order valence-electron chi connectivity index (χ3n) is 1.59. The number of nitrogens with two attached hydrogens (primary N) is 1. The molecular weight excluding hydrogens is 170 g/mol. The smallest absolute Gasteiger partial charge is 0.351 e. The van der Waals surface area contributed by atoms with E-state index in [-0.39, 0.29) is 6.42 Å². The molecule has 5 heteroatoms. The average Bonchev–Trinajstić information content (AvgIpc) is 2.02. The Bertz CT molecular complexity index is 301. The van der Waals surface area contributed by atoms with Gasteiger partial charge in [-0.1, -0.05) is 0 Å². The lowest BCUT2D eigenvalue weighted by Gasteiger charge is -2.33. The van der Waals surface area contributed by atoms with Gasteiger partial charge in [-0.15, -0.1) is 5.73 Å². The van der Waals surface area contributed by atoms with Crippen LogP contribution in [0.2, 0.25) is 0 Å². The van der Waals surface area contributed by atoms with Crippen LogP contribution in [-0.2, 0) is 0 Å². The molecule has 2 amide bonds. The number of amides is 2. The first-order valence-electron chi connectivity index (χ1n) is 3.82. The van der Waals surface area contributed by atoms with Crippen LogP contribution in [0, 0.1) is 0 Å². The Morgan fingerprint density at radius 2 is 2.62 bits per heavy atom. The van der Waals surface area contributed by atoms with Crippen LogP contribution in [0.4, 0.5) is 4.79 Å². The molecule has 0 fully saturated rings. The van der Waals surface area contributed by atoms with Crippen LogP contribution >= 0.6 is 0 Å². The van der Waals surface area contributed by atoms with Gasteiger partial charge in [0.2, 0.25) is 5.85 Å². The first-order valence-corrected chi connectivity index (χ1v) is 3.82. The summed E-state index contributed by atoms with van der Waals surface area (Å²) in [5, 5.41) is 9.54. The van der Waals surface area contributed by atoms with Crippen LogP contribution < -0.4 is 5.73 Å². The summed E-state index contributed by atoms with van der Waals surface area (Å²) in [5.41, 5.74) is 8.08. The van der Waals surface area contributed by atoms with Gasteiger partial charge < -0.3 is 5.11 Å². The molecule has 1 unspecified atom stereocenters. The second kappa shape index (κ2) is 3.53. The zero-order valence-corrected chi connectivity index (χ0v) is 7.27. The highest BCUT2D eigenvalue weighted by Crippen LogP contribution is 2.14. The Labute approximate surface area is 75.9 Å². The summed E-state index contributed by atoms with van der Waals surface area (Å²) in [5.74, 6) is -1.69. The standard InChI is InChI=1S/C8H11N3O2/c1-2-3-6-11-7(12)10-5-4-8(11,9)13/h2,5-6,13H,4,9H2,1H3. The van der Waals surface area contributed by atoms with E-state index in [9.17, 15) is 9.90 Å². The fraction of sp³-hybridized carbons (Fsp3) is 0.375. The topological polar surface area (TPSA) is 78.9 Å². The number of aliphatic imine (C=N–C) groups is 1. The van der Waals surface area contributed by atoms with Crippen molar-refractivity contribution < 1.29 is 9.90 Å². The molecule has 0 aromatic heterocycles. The quantitative estimate of drug-likeness (QED) is 0.447. The fourth-order valence-corrected chi connectivity index (χ4v) is 0.900. The Kier molecular flexibility index (Phi) is 2.63. The Morgan fingerprint density at radius 1 is 1.92 bits per heavy atom. The van der Waals surface area contributed by atoms with Gasteiger partial charge in [0.1, 0.15) is 0 Å². The zero-order chi connectivity index (χ0) is 9.90. The lowest BCUT2D eigenvalue weighted by atomic mass is 10.2. The molecular formula is C8H11N3O2. The van der Waals surface area contributed by atoms with Crippen LogP contribution in [0.3, 0.4) is 0 Å². The molecule has 3 N–H and O–H groups in total. The lowest BCUT2D eigenvalue weighted by Crippen LogP contribution is -2.57. The van der Waals surface area contributed by atoms with Crippen LogP contribution in [-0.4, -0.2) is 28.1 Å². The molecule has 0 saturated carbocycles. The van der Waals surface area contributed by atoms with Crippen molar-refractivity contribution in [2.45, 2.75) is 19.2 Å². The molecule has 5 nitrogen and oxygen atoms in total. The Balaban J connectivity index is 2.97. The van der Waals surface area contributed by atoms with E-state index in [1.165, 1.54) is 12.4 Å². The molecule has 1 heterocycles. The maximum Gasteiger partial charge on any atom is 0.351 e. The summed E-state index contributed by atoms with van der Waals surface area (Å²) in [6.45, 7) is 1.74. The molecule has 0 saturated heterocycles. The fourth-order valence-electron chi connectivity index (χ4n) is 0.900. The molecule has 0 aliphatic carbocycles. The van der Waals surface area contributed by atoms with Gasteiger partial charge in [0.25, 0.3) is 0 Å². The summed E-state index contributed by atoms with van der Waals surface area (Å²) in [6, 6.07) is -0.592. The van der Waals surface area contributed by atoms with E-state index in [1.807, 2.05) is 0 Å². The van der Waals surface area contributed by atoms with E-state index in [1.54, 1.807) is 13.0 Å². The Morgan fingerprint density at radius 3 is 3.15 bits per heavy atom. The second-order valence-electron chi connectivity index (χ2n) is 2.63. The van der Waals surface area contributed by atoms with E-state index in [2.05, 4.69) is 10.7 Å². The van der Waals surface area contributed by atoms with Crippen molar-refractivity contribution in [1.82, 2.24) is 4.90 Å². The third kappa shape index (κ3) is 2.03. The average molecular weight is 181 g/mol. The number of aliphatic hydroxyl groups is 1. The molecule has 1 aliphatic rings. The van der Waals surface area contributed by atoms with Crippen LogP contribution in [0.1, 0.15) is 13.3 Å². The highest BCUT2D eigenvalue weighted by Gasteiger charge is 2.34. The van der Waals surface area contributed by atoms with E-state index in [0.717, 1.165) is 4.90 Å². The van der Waals surface area contributed by atoms with Crippen molar-refractivity contribution in [3.63, 3.8) is 0 Å². The van der Waals surface area contributed by atoms with Gasteiger partial charge in [0.05, 0.1) is 6.20 Å². The minimum atomic E-state index is -1.69. The third-order valence-corrected chi connectivity index (χ3v) is 1.59. The summed E-state index contributed by atoms with van der Waals surface area (Å²) in [7, 11) is 0. The molecule has 70 valence electrons. The summed E-state index contributed by atoms with van der Waals surface area (Å²) in [4.78, 5) is 15.6. The number of rotatable bonds is 1. The number of allylic oxidation sites excluding steroid dienone is 1. The predicted molar refractivity (Wildman–Crippen MR) is 47.8 cm³/mol. The minimum absolute atomic E-state index is 0.112. The van der Waals surface area contributed by atoms with Gasteiger partial charge in [0, 0.05) is 12.6 Å². The highest BCUT2D eigenvalue weighted by molar-refractivity contribution is 5.87. The van der Waals surface area contributed by atoms with Crippen molar-refractivity contribution in [3.8, 4) is 0 Å². The van der Waals surface area contributed by atoms with Gasteiger partial charge >= 0.3 is 6.03 Å². The zero-order valence-electron chi connectivity index (χ0n) is 7.27. The van der Waals surface area contributed by atoms with Crippen molar-refractivity contribution in [1.29, 1.82) is 0 Å². The van der Waals surface area contributed by atoms with Crippen molar-refractivity contribution >= 4 is 12.2 Å². The number of urea groups is 1. The number of hydrogen-bond acceptors (Lipinski definition) is 3. The summed E-state index contributed by atoms with van der Waals surface area (Å²) < 4.78 is 0. The largest absolute Gasteiger partial charge is 0.358 e. The van der Waals surface area contributed by atoms with Crippen molar-refractivity contribution in [2.24, 2.45) is 10.7 Å². The van der Waals surface area contributed by atoms with Crippen LogP contribution in [0.5, 0.6) is 0 Å². The summed E-state index contributed by atoms with van der Waals surface area (Å²) >= 11 is 0. The summed E-state index contributed by atoms with van der Waals surface area (Å²) in [6.07, 6.45) is 4.28. The van der Waals surface area contributed by atoms with E-state index < -0.39 is 11.9 Å². The molecule has 0 radical (unpaired) electrons. The molecule has 1 rings (SSSR count). The minimum Gasteiger partial charge on any atom is -0.358 e.